The Kier molecular flexibility index (Phi) is 9.20. The molecular weight excluding hydrogens is 395 g/mol. The Bertz CT molecular complexity index is 784. The Morgan fingerprint density at radius 2 is 1.63 bits per heavy atom. The first kappa shape index (κ1) is 23.8. The molecule has 0 saturated heterocycles. The molecule has 0 aliphatic rings. The summed E-state index contributed by atoms with van der Waals surface area (Å²) in [7, 11) is 1.53. The van der Waals surface area contributed by atoms with E-state index in [0.29, 0.717) is 24.7 Å². The third kappa shape index (κ3) is 6.78. The Balaban J connectivity index is 2.29. The van der Waals surface area contributed by atoms with Crippen LogP contribution in [0.1, 0.15) is 57.9 Å². The van der Waals surface area contributed by atoms with E-state index in [4.69, 9.17) is 9.47 Å². The predicted molar refractivity (Wildman–Crippen MR) is 112 cm³/mol. The van der Waals surface area contributed by atoms with Gasteiger partial charge in [0.2, 0.25) is 0 Å². The molecule has 0 saturated carbocycles. The average molecular weight is 425 g/mol. The first-order valence-electron chi connectivity index (χ1n) is 10.4. The number of hydrogen-bond donors (Lipinski definition) is 0. The fourth-order valence-corrected chi connectivity index (χ4v) is 2.87. The number of unbranched alkanes of at least 4 members (excludes halogenated alkanes) is 4. The van der Waals surface area contributed by atoms with Gasteiger partial charge in [-0.25, -0.2) is 4.98 Å². The van der Waals surface area contributed by atoms with Crippen molar-refractivity contribution in [2.45, 2.75) is 58.5 Å². The Morgan fingerprint density at radius 1 is 0.933 bits per heavy atom. The minimum Gasteiger partial charge on any atom is -0.491 e. The summed E-state index contributed by atoms with van der Waals surface area (Å²) in [4.78, 5) is 9.18. The Morgan fingerprint density at radius 3 is 2.33 bits per heavy atom. The van der Waals surface area contributed by atoms with Crippen LogP contribution in [0.25, 0.3) is 0 Å². The van der Waals surface area contributed by atoms with Crippen molar-refractivity contribution in [3.8, 4) is 11.8 Å². The predicted octanol–water partition coefficient (Wildman–Crippen LogP) is 6.40. The van der Waals surface area contributed by atoms with Crippen molar-refractivity contribution in [2.24, 2.45) is 0 Å². The summed E-state index contributed by atoms with van der Waals surface area (Å²) in [6.07, 6.45) is 2.04. The highest BCUT2D eigenvalue weighted by molar-refractivity contribution is 5.68. The summed E-state index contributed by atoms with van der Waals surface area (Å²) in [5, 5.41) is 0. The first-order valence-corrected chi connectivity index (χ1v) is 10.4. The lowest BCUT2D eigenvalue weighted by Crippen LogP contribution is -2.20. The van der Waals surface area contributed by atoms with Crippen LogP contribution >= 0.6 is 0 Å². The van der Waals surface area contributed by atoms with Crippen molar-refractivity contribution >= 4 is 11.5 Å². The number of hydrogen-bond acceptors (Lipinski definition) is 5. The van der Waals surface area contributed by atoms with Crippen molar-refractivity contribution < 1.29 is 22.6 Å². The van der Waals surface area contributed by atoms with Crippen molar-refractivity contribution in [1.82, 2.24) is 9.97 Å². The van der Waals surface area contributed by atoms with Crippen LogP contribution in [0.4, 0.5) is 24.7 Å². The highest BCUT2D eigenvalue weighted by Crippen LogP contribution is 2.40. The van der Waals surface area contributed by atoms with Crippen LogP contribution in [0.15, 0.2) is 30.5 Å². The summed E-state index contributed by atoms with van der Waals surface area (Å²) in [6, 6.07) is 6.93. The molecule has 30 heavy (non-hydrogen) atoms. The molecule has 0 amide bonds. The number of nitrogens with zero attached hydrogens (tertiary/aromatic N) is 3. The third-order valence-corrected chi connectivity index (χ3v) is 4.58. The van der Waals surface area contributed by atoms with Crippen LogP contribution in [-0.4, -0.2) is 30.2 Å². The van der Waals surface area contributed by atoms with Crippen LogP contribution in [0, 0.1) is 0 Å². The van der Waals surface area contributed by atoms with Crippen LogP contribution in [0.5, 0.6) is 11.8 Å². The molecule has 8 heteroatoms. The van der Waals surface area contributed by atoms with Gasteiger partial charge in [-0.3, -0.25) is 0 Å². The minimum absolute atomic E-state index is 0.0729. The highest BCUT2D eigenvalue weighted by atomic mass is 19.4. The summed E-state index contributed by atoms with van der Waals surface area (Å²) in [5.41, 5.74) is -0.428. The maximum Gasteiger partial charge on any atom is 0.421 e. The number of rotatable bonds is 12. The van der Waals surface area contributed by atoms with E-state index in [-0.39, 0.29) is 11.8 Å². The largest absolute Gasteiger partial charge is 0.491 e. The van der Waals surface area contributed by atoms with Gasteiger partial charge in [0.25, 0.3) is 0 Å². The van der Waals surface area contributed by atoms with E-state index in [9.17, 15) is 13.2 Å². The molecule has 0 aliphatic heterocycles. The molecule has 0 N–H and O–H groups in total. The number of anilines is 2. The normalized spacial score (nSPS) is 11.4. The van der Waals surface area contributed by atoms with Gasteiger partial charge in [-0.05, 0) is 25.0 Å². The molecule has 0 radical (unpaired) electrons. The fraction of sp³-hybridized carbons (Fsp3) is 0.545. The van der Waals surface area contributed by atoms with E-state index in [1.54, 1.807) is 24.3 Å². The second-order valence-corrected chi connectivity index (χ2v) is 7.03. The van der Waals surface area contributed by atoms with Crippen molar-refractivity contribution in [1.29, 1.82) is 0 Å². The average Bonchev–Trinajstić information content (AvgIpc) is 2.73. The van der Waals surface area contributed by atoms with Crippen molar-refractivity contribution in [3.63, 3.8) is 0 Å². The number of ether oxygens (including phenoxy) is 2. The van der Waals surface area contributed by atoms with Crippen molar-refractivity contribution in [3.05, 3.63) is 36.0 Å². The Hall–Kier alpha value is -2.51. The zero-order chi connectivity index (χ0) is 22.0. The van der Waals surface area contributed by atoms with Crippen LogP contribution in [0.3, 0.4) is 0 Å². The molecule has 0 spiro atoms. The van der Waals surface area contributed by atoms with Gasteiger partial charge >= 0.3 is 12.2 Å². The van der Waals surface area contributed by atoms with E-state index in [1.165, 1.54) is 11.9 Å². The van der Waals surface area contributed by atoms with E-state index in [2.05, 4.69) is 16.9 Å². The molecule has 0 unspecified atom stereocenters. The van der Waals surface area contributed by atoms with E-state index in [0.717, 1.165) is 44.7 Å². The first-order chi connectivity index (χ1) is 14.4. The van der Waals surface area contributed by atoms with E-state index in [1.807, 2.05) is 6.92 Å². The summed E-state index contributed by atoms with van der Waals surface area (Å²) in [6.45, 7) is 4.98. The third-order valence-electron chi connectivity index (χ3n) is 4.58. The lowest BCUT2D eigenvalue weighted by atomic mass is 10.2. The van der Waals surface area contributed by atoms with E-state index < -0.39 is 11.7 Å². The molecule has 2 rings (SSSR count). The maximum absolute atomic E-state index is 13.6. The van der Waals surface area contributed by atoms with Gasteiger partial charge in [-0.2, -0.15) is 18.2 Å². The zero-order valence-corrected chi connectivity index (χ0v) is 17.8. The quantitative estimate of drug-likeness (QED) is 0.368. The summed E-state index contributed by atoms with van der Waals surface area (Å²) >= 11 is 0. The number of aromatic nitrogens is 2. The highest BCUT2D eigenvalue weighted by Gasteiger charge is 2.37. The molecule has 5 nitrogen and oxygen atoms in total. The molecule has 1 heterocycles. The molecule has 2 aromatic rings. The SMILES string of the molecule is CCCCCCOc1ccccc1N(C)c1nc(OCCCC)ncc1C(F)(F)F. The van der Waals surface area contributed by atoms with Gasteiger partial charge in [0.05, 0.1) is 18.9 Å². The van der Waals surface area contributed by atoms with Crippen LogP contribution in [-0.2, 0) is 6.18 Å². The minimum atomic E-state index is -4.60. The molecule has 0 atom stereocenters. The van der Waals surface area contributed by atoms with Gasteiger partial charge in [0, 0.05) is 13.2 Å². The molecule has 0 fully saturated rings. The monoisotopic (exact) mass is 425 g/mol. The van der Waals surface area contributed by atoms with Gasteiger partial charge in [0.1, 0.15) is 11.3 Å². The molecule has 0 aliphatic carbocycles. The molecule has 1 aromatic heterocycles. The lowest BCUT2D eigenvalue weighted by molar-refractivity contribution is -0.137. The topological polar surface area (TPSA) is 47.5 Å². The number of alkyl halides is 3. The summed E-state index contributed by atoms with van der Waals surface area (Å²) in [5.74, 6) is 0.239. The lowest BCUT2D eigenvalue weighted by Gasteiger charge is -2.24. The second-order valence-electron chi connectivity index (χ2n) is 7.03. The number of benzene rings is 1. The molecule has 1 aromatic carbocycles. The van der Waals surface area contributed by atoms with Gasteiger partial charge in [0.15, 0.2) is 5.82 Å². The molecule has 166 valence electrons. The zero-order valence-electron chi connectivity index (χ0n) is 17.8. The van der Waals surface area contributed by atoms with Gasteiger partial charge in [-0.1, -0.05) is 51.7 Å². The number of halogens is 3. The van der Waals surface area contributed by atoms with Gasteiger partial charge in [-0.15, -0.1) is 0 Å². The number of para-hydroxylation sites is 2. The maximum atomic E-state index is 13.6. The van der Waals surface area contributed by atoms with Crippen molar-refractivity contribution in [2.75, 3.05) is 25.2 Å². The molecule has 0 bridgehead atoms. The smallest absolute Gasteiger partial charge is 0.421 e. The van der Waals surface area contributed by atoms with Crippen LogP contribution in [0.2, 0.25) is 0 Å². The Labute approximate surface area is 176 Å². The second kappa shape index (κ2) is 11.6. The standard InChI is InChI=1S/C22H30F3N3O2/c1-4-6-8-11-15-29-19-13-10-9-12-18(19)28(3)20-17(22(23,24)25)16-26-21(27-20)30-14-7-5-2/h9-10,12-13,16H,4-8,11,14-15H2,1-3H3. The van der Waals surface area contributed by atoms with Gasteiger partial charge < -0.3 is 14.4 Å². The van der Waals surface area contributed by atoms with Crippen LogP contribution < -0.4 is 14.4 Å². The summed E-state index contributed by atoms with van der Waals surface area (Å²) < 4.78 is 52.1. The van der Waals surface area contributed by atoms with E-state index >= 15 is 0 Å². The molecular formula is C22H30F3N3O2. The fourth-order valence-electron chi connectivity index (χ4n) is 2.87.